The molecular formula is C12H10F2N2O2S. The average Bonchev–Trinajstić information content (AvgIpc) is 2.36. The van der Waals surface area contributed by atoms with Crippen LogP contribution >= 0.6 is 12.2 Å². The molecule has 0 saturated carbocycles. The fraction of sp³-hybridized carbons (Fsp3) is 0.167. The summed E-state index contributed by atoms with van der Waals surface area (Å²) < 4.78 is 33.5. The molecule has 0 amide bonds. The van der Waals surface area contributed by atoms with Crippen molar-refractivity contribution in [2.24, 2.45) is 5.73 Å². The van der Waals surface area contributed by atoms with Crippen LogP contribution in [-0.4, -0.2) is 18.7 Å². The van der Waals surface area contributed by atoms with E-state index in [9.17, 15) is 8.78 Å². The maximum absolute atomic E-state index is 12.1. The molecule has 0 aromatic heterocycles. The topological polar surface area (TPSA) is 68.3 Å². The first-order valence-corrected chi connectivity index (χ1v) is 5.43. The van der Waals surface area contributed by atoms with Gasteiger partial charge in [0, 0.05) is 0 Å². The Morgan fingerprint density at radius 1 is 1.47 bits per heavy atom. The van der Waals surface area contributed by atoms with Crippen LogP contribution in [0.1, 0.15) is 5.56 Å². The lowest BCUT2D eigenvalue weighted by Crippen LogP contribution is -2.09. The van der Waals surface area contributed by atoms with Crippen LogP contribution in [0.15, 0.2) is 23.8 Å². The molecule has 0 unspecified atom stereocenters. The minimum Gasteiger partial charge on any atom is -0.493 e. The van der Waals surface area contributed by atoms with E-state index in [4.69, 9.17) is 28.0 Å². The van der Waals surface area contributed by atoms with E-state index in [1.165, 1.54) is 31.4 Å². The zero-order chi connectivity index (χ0) is 14.4. The number of nitrogens with two attached hydrogens (primary N) is 1. The van der Waals surface area contributed by atoms with E-state index in [0.717, 1.165) is 0 Å². The number of nitrogens with zero attached hydrogens (tertiary/aromatic N) is 1. The Kier molecular flexibility index (Phi) is 5.21. The van der Waals surface area contributed by atoms with Crippen LogP contribution in [0.3, 0.4) is 0 Å². The summed E-state index contributed by atoms with van der Waals surface area (Å²) in [7, 11) is 1.32. The van der Waals surface area contributed by atoms with Gasteiger partial charge in [-0.25, -0.2) is 0 Å². The lowest BCUT2D eigenvalue weighted by molar-refractivity contribution is -0.0512. The summed E-state index contributed by atoms with van der Waals surface area (Å²) in [6, 6.07) is 6.07. The van der Waals surface area contributed by atoms with Gasteiger partial charge >= 0.3 is 6.61 Å². The molecule has 0 atom stereocenters. The molecule has 1 aromatic rings. The normalized spacial score (nSPS) is 11.0. The molecule has 1 aromatic carbocycles. The molecule has 0 aliphatic carbocycles. The first kappa shape index (κ1) is 14.9. The first-order valence-electron chi connectivity index (χ1n) is 5.02. The number of rotatable bonds is 5. The predicted molar refractivity (Wildman–Crippen MR) is 70.0 cm³/mol. The molecular weight excluding hydrogens is 274 g/mol. The molecule has 100 valence electrons. The highest BCUT2D eigenvalue weighted by Crippen LogP contribution is 2.30. The van der Waals surface area contributed by atoms with Gasteiger partial charge in [-0.05, 0) is 23.8 Å². The Bertz CT molecular complexity index is 553. The molecule has 0 radical (unpaired) electrons. The molecule has 0 bridgehead atoms. The number of halogens is 2. The molecule has 0 spiro atoms. The van der Waals surface area contributed by atoms with Crippen molar-refractivity contribution in [3.63, 3.8) is 0 Å². The van der Waals surface area contributed by atoms with Gasteiger partial charge in [-0.3, -0.25) is 0 Å². The van der Waals surface area contributed by atoms with Crippen molar-refractivity contribution < 1.29 is 18.3 Å². The second kappa shape index (κ2) is 6.66. The fourth-order valence-corrected chi connectivity index (χ4v) is 1.40. The predicted octanol–water partition coefficient (Wildman–Crippen LogP) is 2.49. The summed E-state index contributed by atoms with van der Waals surface area (Å²) in [5.74, 6) is 0.0257. The van der Waals surface area contributed by atoms with E-state index in [0.29, 0.717) is 5.56 Å². The van der Waals surface area contributed by atoms with Gasteiger partial charge in [0.2, 0.25) is 0 Å². The van der Waals surface area contributed by atoms with Crippen LogP contribution in [0.25, 0.3) is 6.08 Å². The number of hydrogen-bond acceptors (Lipinski definition) is 4. The van der Waals surface area contributed by atoms with Crippen molar-refractivity contribution in [1.82, 2.24) is 0 Å². The van der Waals surface area contributed by atoms with Crippen LogP contribution < -0.4 is 15.2 Å². The van der Waals surface area contributed by atoms with E-state index in [1.54, 1.807) is 0 Å². The van der Waals surface area contributed by atoms with Crippen molar-refractivity contribution in [1.29, 1.82) is 5.26 Å². The monoisotopic (exact) mass is 284 g/mol. The Morgan fingerprint density at radius 3 is 2.63 bits per heavy atom. The average molecular weight is 284 g/mol. The first-order chi connectivity index (χ1) is 8.97. The molecule has 7 heteroatoms. The Hall–Kier alpha value is -2.20. The highest BCUT2D eigenvalue weighted by atomic mass is 32.1. The fourth-order valence-electron chi connectivity index (χ4n) is 1.29. The van der Waals surface area contributed by atoms with Gasteiger partial charge in [0.05, 0.1) is 12.7 Å². The lowest BCUT2D eigenvalue weighted by Gasteiger charge is -2.10. The number of nitriles is 1. The highest BCUT2D eigenvalue weighted by Gasteiger charge is 2.11. The van der Waals surface area contributed by atoms with Crippen LogP contribution in [-0.2, 0) is 0 Å². The van der Waals surface area contributed by atoms with Gasteiger partial charge in [-0.15, -0.1) is 0 Å². The Balaban J connectivity index is 3.14. The van der Waals surface area contributed by atoms with Crippen LogP contribution in [0.2, 0.25) is 0 Å². The van der Waals surface area contributed by atoms with Crippen molar-refractivity contribution in [3.8, 4) is 17.6 Å². The molecule has 19 heavy (non-hydrogen) atoms. The minimum atomic E-state index is -2.94. The second-order valence-corrected chi connectivity index (χ2v) is 3.76. The number of hydrogen-bond donors (Lipinski definition) is 1. The van der Waals surface area contributed by atoms with Crippen molar-refractivity contribution >= 4 is 23.3 Å². The second-order valence-electron chi connectivity index (χ2n) is 3.32. The smallest absolute Gasteiger partial charge is 0.387 e. The number of alkyl halides is 2. The zero-order valence-electron chi connectivity index (χ0n) is 9.89. The maximum Gasteiger partial charge on any atom is 0.387 e. The third-order valence-corrected chi connectivity index (χ3v) is 2.32. The zero-order valence-corrected chi connectivity index (χ0v) is 10.7. The van der Waals surface area contributed by atoms with Crippen molar-refractivity contribution in [2.45, 2.75) is 6.61 Å². The summed E-state index contributed by atoms with van der Waals surface area (Å²) in [6.07, 6.45) is 1.43. The Labute approximate surface area is 114 Å². The minimum absolute atomic E-state index is 0.0469. The summed E-state index contributed by atoms with van der Waals surface area (Å²) in [5, 5.41) is 8.82. The van der Waals surface area contributed by atoms with Gasteiger partial charge in [-0.2, -0.15) is 14.0 Å². The molecule has 0 heterocycles. The van der Waals surface area contributed by atoms with Gasteiger partial charge in [0.1, 0.15) is 11.1 Å². The SMILES string of the molecule is COc1cc(C=C(C#N)C(N)=S)ccc1OC(F)F. The van der Waals surface area contributed by atoms with Crippen LogP contribution in [0, 0.1) is 11.3 Å². The quantitative estimate of drug-likeness (QED) is 0.511. The van der Waals surface area contributed by atoms with E-state index in [2.05, 4.69) is 4.74 Å². The van der Waals surface area contributed by atoms with E-state index < -0.39 is 6.61 Å². The molecule has 1 rings (SSSR count). The van der Waals surface area contributed by atoms with Crippen molar-refractivity contribution in [3.05, 3.63) is 29.3 Å². The third-order valence-electron chi connectivity index (χ3n) is 2.10. The van der Waals surface area contributed by atoms with Crippen LogP contribution in [0.4, 0.5) is 8.78 Å². The largest absolute Gasteiger partial charge is 0.493 e. The molecule has 0 saturated heterocycles. The third kappa shape index (κ3) is 4.19. The maximum atomic E-state index is 12.1. The number of thiocarbonyl (C=S) groups is 1. The summed E-state index contributed by atoms with van der Waals surface area (Å²) in [4.78, 5) is -0.0469. The molecule has 4 nitrogen and oxygen atoms in total. The van der Waals surface area contributed by atoms with E-state index in [1.807, 2.05) is 6.07 Å². The highest BCUT2D eigenvalue weighted by molar-refractivity contribution is 7.80. The van der Waals surface area contributed by atoms with Gasteiger partial charge in [0.25, 0.3) is 0 Å². The van der Waals surface area contributed by atoms with Gasteiger partial charge in [0.15, 0.2) is 11.5 Å². The Morgan fingerprint density at radius 2 is 2.16 bits per heavy atom. The summed E-state index contributed by atoms with van der Waals surface area (Å²) in [5.41, 5.74) is 5.99. The van der Waals surface area contributed by atoms with Gasteiger partial charge in [-0.1, -0.05) is 18.3 Å². The molecule has 0 fully saturated rings. The van der Waals surface area contributed by atoms with Gasteiger partial charge < -0.3 is 15.2 Å². The van der Waals surface area contributed by atoms with Crippen molar-refractivity contribution in [2.75, 3.05) is 7.11 Å². The summed E-state index contributed by atoms with van der Waals surface area (Å²) in [6.45, 7) is -2.94. The number of benzene rings is 1. The van der Waals surface area contributed by atoms with E-state index in [-0.39, 0.29) is 22.1 Å². The standard InChI is InChI=1S/C12H10F2N2O2S/c1-17-10-5-7(4-8(6-15)11(16)19)2-3-9(10)18-12(13)14/h2-5,12H,1H3,(H2,16,19). The lowest BCUT2D eigenvalue weighted by atomic mass is 10.1. The molecule has 2 N–H and O–H groups in total. The molecule has 0 aliphatic heterocycles. The molecule has 0 aliphatic rings. The van der Waals surface area contributed by atoms with Crippen LogP contribution in [0.5, 0.6) is 11.5 Å². The summed E-state index contributed by atoms with van der Waals surface area (Å²) >= 11 is 4.69. The van der Waals surface area contributed by atoms with E-state index >= 15 is 0 Å². The number of methoxy groups -OCH3 is 1. The number of ether oxygens (including phenoxy) is 2.